The molecular weight excluding hydrogens is 289 g/mol. The molecule has 0 saturated heterocycles. The first-order valence-electron chi connectivity index (χ1n) is 7.34. The molecule has 22 heavy (non-hydrogen) atoms. The molecule has 0 bridgehead atoms. The molecule has 0 aliphatic carbocycles. The third kappa shape index (κ3) is 7.74. The quantitative estimate of drug-likeness (QED) is 0.290. The summed E-state index contributed by atoms with van der Waals surface area (Å²) in [6, 6.07) is -1.85. The van der Waals surface area contributed by atoms with Crippen molar-refractivity contribution in [1.29, 1.82) is 0 Å². The number of nitrogens with one attached hydrogen (secondary N) is 1. The molecular formula is C13H28BN3O5. The van der Waals surface area contributed by atoms with Gasteiger partial charge in [0.25, 0.3) is 0 Å². The first-order chi connectivity index (χ1) is 9.96. The van der Waals surface area contributed by atoms with Gasteiger partial charge in [0, 0.05) is 12.5 Å². The lowest BCUT2D eigenvalue weighted by Crippen LogP contribution is -2.51. The summed E-state index contributed by atoms with van der Waals surface area (Å²) < 4.78 is 0. The number of carboxylic acid groups (broad SMARTS) is 1. The highest BCUT2D eigenvalue weighted by Crippen LogP contribution is 2.18. The van der Waals surface area contributed by atoms with E-state index in [2.05, 4.69) is 5.32 Å². The largest absolute Gasteiger partial charge is 0.480 e. The molecule has 0 aliphatic heterocycles. The Balaban J connectivity index is 4.58. The first kappa shape index (κ1) is 20.8. The number of hydrogen-bond donors (Lipinski definition) is 6. The fraction of sp³-hybridized carbons (Fsp3) is 0.846. The van der Waals surface area contributed by atoms with Crippen molar-refractivity contribution in [3.8, 4) is 0 Å². The lowest BCUT2D eigenvalue weighted by atomic mass is 9.81. The van der Waals surface area contributed by atoms with Crippen molar-refractivity contribution in [2.45, 2.75) is 52.0 Å². The van der Waals surface area contributed by atoms with Gasteiger partial charge in [-0.1, -0.05) is 27.2 Å². The average Bonchev–Trinajstić information content (AvgIpc) is 2.38. The molecule has 2 unspecified atom stereocenters. The van der Waals surface area contributed by atoms with Gasteiger partial charge in [0.15, 0.2) is 0 Å². The Kier molecular flexibility index (Phi) is 8.61. The number of carbonyl (C=O) groups excluding carboxylic acids is 1. The van der Waals surface area contributed by atoms with E-state index < -0.39 is 36.5 Å². The Morgan fingerprint density at radius 1 is 1.23 bits per heavy atom. The van der Waals surface area contributed by atoms with Crippen molar-refractivity contribution in [2.24, 2.45) is 22.8 Å². The summed E-state index contributed by atoms with van der Waals surface area (Å²) in [4.78, 5) is 23.0. The predicted molar refractivity (Wildman–Crippen MR) is 83.8 cm³/mol. The van der Waals surface area contributed by atoms with E-state index in [0.29, 0.717) is 12.8 Å². The van der Waals surface area contributed by atoms with E-state index in [4.69, 9.17) is 26.6 Å². The van der Waals surface area contributed by atoms with Crippen molar-refractivity contribution < 1.29 is 24.7 Å². The van der Waals surface area contributed by atoms with Gasteiger partial charge in [-0.2, -0.15) is 0 Å². The normalized spacial score (nSPS) is 15.8. The van der Waals surface area contributed by atoms with Crippen LogP contribution in [0.3, 0.4) is 0 Å². The third-order valence-electron chi connectivity index (χ3n) is 3.58. The fourth-order valence-electron chi connectivity index (χ4n) is 1.91. The summed E-state index contributed by atoms with van der Waals surface area (Å²) in [7, 11) is -1.44. The van der Waals surface area contributed by atoms with Gasteiger partial charge in [-0.05, 0) is 18.2 Å². The molecule has 0 spiro atoms. The molecule has 9 heteroatoms. The zero-order valence-corrected chi connectivity index (χ0v) is 13.5. The number of nitrogens with two attached hydrogens (primary N) is 2. The molecule has 0 aromatic carbocycles. The van der Waals surface area contributed by atoms with Gasteiger partial charge in [-0.25, -0.2) is 0 Å². The van der Waals surface area contributed by atoms with E-state index in [1.165, 1.54) is 0 Å². The van der Waals surface area contributed by atoms with Crippen molar-refractivity contribution in [3.05, 3.63) is 0 Å². The minimum Gasteiger partial charge on any atom is -0.480 e. The van der Waals surface area contributed by atoms with Crippen LogP contribution in [-0.4, -0.2) is 52.8 Å². The maximum atomic E-state index is 12.0. The molecule has 0 aromatic heterocycles. The minimum absolute atomic E-state index is 0.0810. The van der Waals surface area contributed by atoms with E-state index >= 15 is 0 Å². The number of hydrogen-bond acceptors (Lipinski definition) is 6. The first-order valence-corrected chi connectivity index (χ1v) is 7.34. The van der Waals surface area contributed by atoms with E-state index in [9.17, 15) is 9.59 Å². The Morgan fingerprint density at radius 3 is 2.18 bits per heavy atom. The van der Waals surface area contributed by atoms with Crippen LogP contribution in [0.15, 0.2) is 0 Å². The summed E-state index contributed by atoms with van der Waals surface area (Å²) >= 11 is 0. The van der Waals surface area contributed by atoms with Crippen LogP contribution < -0.4 is 16.8 Å². The summed E-state index contributed by atoms with van der Waals surface area (Å²) in [6.07, 6.45) is 0.874. The van der Waals surface area contributed by atoms with Gasteiger partial charge in [0.05, 0.1) is 6.04 Å². The summed E-state index contributed by atoms with van der Waals surface area (Å²) in [5.41, 5.74) is 11.0. The number of rotatable bonds is 9. The van der Waals surface area contributed by atoms with Crippen LogP contribution in [0.25, 0.3) is 0 Å². The highest BCUT2D eigenvalue weighted by molar-refractivity contribution is 6.40. The van der Waals surface area contributed by atoms with E-state index in [1.807, 2.05) is 20.8 Å². The van der Waals surface area contributed by atoms with Crippen molar-refractivity contribution in [2.75, 3.05) is 6.54 Å². The highest BCUT2D eigenvalue weighted by atomic mass is 16.4. The second-order valence-corrected chi connectivity index (χ2v) is 6.62. The molecule has 8 nitrogen and oxygen atoms in total. The van der Waals surface area contributed by atoms with E-state index in [1.54, 1.807) is 0 Å². The molecule has 0 aliphatic rings. The second kappa shape index (κ2) is 9.09. The zero-order chi connectivity index (χ0) is 17.5. The van der Waals surface area contributed by atoms with Crippen LogP contribution in [0.1, 0.15) is 33.6 Å². The number of carboxylic acids is 1. The van der Waals surface area contributed by atoms with Crippen molar-refractivity contribution in [1.82, 2.24) is 5.32 Å². The highest BCUT2D eigenvalue weighted by Gasteiger charge is 2.29. The number of amides is 1. The van der Waals surface area contributed by atoms with Crippen LogP contribution in [0, 0.1) is 11.3 Å². The Morgan fingerprint density at radius 2 is 1.77 bits per heavy atom. The summed E-state index contributed by atoms with van der Waals surface area (Å²) in [5.74, 6) is -2.03. The lowest BCUT2D eigenvalue weighted by molar-refractivity contribution is -0.140. The monoisotopic (exact) mass is 317 g/mol. The van der Waals surface area contributed by atoms with Crippen LogP contribution in [0.4, 0.5) is 0 Å². The van der Waals surface area contributed by atoms with Gasteiger partial charge in [-0.3, -0.25) is 9.59 Å². The Labute approximate surface area is 131 Å². The van der Waals surface area contributed by atoms with Crippen LogP contribution in [-0.2, 0) is 9.59 Å². The minimum atomic E-state index is -1.44. The molecule has 8 N–H and O–H groups in total. The van der Waals surface area contributed by atoms with Crippen LogP contribution in [0.5, 0.6) is 0 Å². The Bertz CT molecular complexity index is 373. The van der Waals surface area contributed by atoms with E-state index in [-0.39, 0.29) is 18.8 Å². The molecule has 0 fully saturated rings. The molecule has 1 amide bonds. The van der Waals surface area contributed by atoms with Crippen LogP contribution >= 0.6 is 0 Å². The average molecular weight is 317 g/mol. The SMILES string of the molecule is CC(C)(C)[C@H](N)C(=O)NCC(CCCB(O)O)C(N)C(=O)O. The third-order valence-corrected chi connectivity index (χ3v) is 3.58. The number of aliphatic carboxylic acids is 1. The van der Waals surface area contributed by atoms with Crippen LogP contribution in [0.2, 0.25) is 6.32 Å². The molecule has 3 atom stereocenters. The van der Waals surface area contributed by atoms with Gasteiger partial charge in [-0.15, -0.1) is 0 Å². The van der Waals surface area contributed by atoms with Gasteiger partial charge in [0.2, 0.25) is 5.91 Å². The summed E-state index contributed by atoms with van der Waals surface area (Å²) in [5, 5.41) is 29.3. The Hall–Kier alpha value is -1.16. The maximum Gasteiger partial charge on any atom is 0.451 e. The lowest BCUT2D eigenvalue weighted by Gasteiger charge is -2.27. The fourth-order valence-corrected chi connectivity index (χ4v) is 1.91. The van der Waals surface area contributed by atoms with Crippen molar-refractivity contribution >= 4 is 19.0 Å². The van der Waals surface area contributed by atoms with E-state index in [0.717, 1.165) is 0 Å². The molecule has 0 aromatic rings. The summed E-state index contributed by atoms with van der Waals surface area (Å²) in [6.45, 7) is 5.58. The maximum absolute atomic E-state index is 12.0. The smallest absolute Gasteiger partial charge is 0.451 e. The molecule has 128 valence electrons. The molecule has 0 radical (unpaired) electrons. The molecule has 0 rings (SSSR count). The molecule has 0 saturated carbocycles. The van der Waals surface area contributed by atoms with Gasteiger partial charge >= 0.3 is 13.1 Å². The standard InChI is InChI=1S/C13H28BN3O5/c1-13(2,3)10(16)11(18)17-7-8(9(15)12(19)20)5-4-6-14(21)22/h8-10,21-22H,4-7,15-16H2,1-3H3,(H,17,18)(H,19,20)/t8?,9?,10-/m1/s1. The molecule has 0 heterocycles. The van der Waals surface area contributed by atoms with Gasteiger partial charge in [0.1, 0.15) is 6.04 Å². The predicted octanol–water partition coefficient (Wildman–Crippen LogP) is -1.24. The zero-order valence-electron chi connectivity index (χ0n) is 13.5. The second-order valence-electron chi connectivity index (χ2n) is 6.62. The van der Waals surface area contributed by atoms with Crippen molar-refractivity contribution in [3.63, 3.8) is 0 Å². The number of carbonyl (C=O) groups is 2. The topological polar surface area (TPSA) is 159 Å². The van der Waals surface area contributed by atoms with Gasteiger partial charge < -0.3 is 31.9 Å².